The summed E-state index contributed by atoms with van der Waals surface area (Å²) in [4.78, 5) is 0. The second-order valence-corrected chi connectivity index (χ2v) is 7.62. The van der Waals surface area contributed by atoms with E-state index in [0.29, 0.717) is 5.25 Å². The van der Waals surface area contributed by atoms with E-state index in [4.69, 9.17) is 4.74 Å². The molecule has 2 aromatic carbocycles. The zero-order chi connectivity index (χ0) is 17.9. The molecule has 0 fully saturated rings. The summed E-state index contributed by atoms with van der Waals surface area (Å²) in [5, 5.41) is 10.5. The van der Waals surface area contributed by atoms with Crippen LogP contribution in [0.3, 0.4) is 0 Å². The standard InChI is InChI=1S/C21H23N3OS/c1-3-24-20(17-12-6-7-13-18(17)25-2)22-23-21(24)26-19-14-8-10-15-9-4-5-11-16(15)19/h4-7,9,11-13,19H,3,8,10,14H2,1-2H3. The van der Waals surface area contributed by atoms with Gasteiger partial charge >= 0.3 is 0 Å². The van der Waals surface area contributed by atoms with Crippen molar-refractivity contribution < 1.29 is 4.74 Å². The lowest BCUT2D eigenvalue weighted by Crippen LogP contribution is -2.08. The zero-order valence-corrected chi connectivity index (χ0v) is 16.0. The molecule has 1 aliphatic carbocycles. The van der Waals surface area contributed by atoms with Crippen LogP contribution in [0.4, 0.5) is 0 Å². The van der Waals surface area contributed by atoms with E-state index in [-0.39, 0.29) is 0 Å². The van der Waals surface area contributed by atoms with Gasteiger partial charge in [-0.2, -0.15) is 0 Å². The molecule has 1 aliphatic rings. The molecular weight excluding hydrogens is 342 g/mol. The van der Waals surface area contributed by atoms with Crippen molar-refractivity contribution in [3.63, 3.8) is 0 Å². The summed E-state index contributed by atoms with van der Waals surface area (Å²) >= 11 is 1.84. The average Bonchev–Trinajstić information content (AvgIpc) is 3.10. The Morgan fingerprint density at radius 2 is 1.92 bits per heavy atom. The van der Waals surface area contributed by atoms with Gasteiger partial charge in [0.1, 0.15) is 5.75 Å². The summed E-state index contributed by atoms with van der Waals surface area (Å²) in [6, 6.07) is 16.8. The van der Waals surface area contributed by atoms with E-state index in [1.165, 1.54) is 30.4 Å². The van der Waals surface area contributed by atoms with Crippen molar-refractivity contribution in [3.05, 3.63) is 59.7 Å². The van der Waals surface area contributed by atoms with Gasteiger partial charge in [0.25, 0.3) is 0 Å². The number of benzene rings is 2. The Labute approximate surface area is 158 Å². The molecule has 0 saturated heterocycles. The molecule has 26 heavy (non-hydrogen) atoms. The van der Waals surface area contributed by atoms with Gasteiger partial charge in [0.05, 0.1) is 12.7 Å². The molecule has 1 aromatic heterocycles. The topological polar surface area (TPSA) is 39.9 Å². The highest BCUT2D eigenvalue weighted by atomic mass is 32.2. The number of aromatic nitrogens is 3. The summed E-state index contributed by atoms with van der Waals surface area (Å²) in [7, 11) is 1.69. The van der Waals surface area contributed by atoms with Gasteiger partial charge in [-0.05, 0) is 49.4 Å². The van der Waals surface area contributed by atoms with E-state index in [2.05, 4.69) is 46.0 Å². The van der Waals surface area contributed by atoms with Crippen LogP contribution in [0.1, 0.15) is 36.1 Å². The normalized spacial score (nSPS) is 16.3. The molecule has 0 amide bonds. The quantitative estimate of drug-likeness (QED) is 0.627. The second-order valence-electron chi connectivity index (χ2n) is 6.45. The van der Waals surface area contributed by atoms with Gasteiger partial charge in [-0.3, -0.25) is 0 Å². The van der Waals surface area contributed by atoms with Gasteiger partial charge < -0.3 is 9.30 Å². The highest BCUT2D eigenvalue weighted by Crippen LogP contribution is 2.43. The van der Waals surface area contributed by atoms with Gasteiger partial charge in [0.2, 0.25) is 0 Å². The van der Waals surface area contributed by atoms with Crippen LogP contribution in [0.5, 0.6) is 5.75 Å². The maximum absolute atomic E-state index is 5.52. The molecule has 0 spiro atoms. The van der Waals surface area contributed by atoms with Crippen LogP contribution in [-0.4, -0.2) is 21.9 Å². The maximum atomic E-state index is 5.52. The molecule has 0 aliphatic heterocycles. The van der Waals surface area contributed by atoms with E-state index in [1.54, 1.807) is 7.11 Å². The number of para-hydroxylation sites is 1. The molecule has 1 heterocycles. The van der Waals surface area contributed by atoms with Crippen molar-refractivity contribution in [1.29, 1.82) is 0 Å². The Morgan fingerprint density at radius 1 is 1.12 bits per heavy atom. The molecule has 0 N–H and O–H groups in total. The average molecular weight is 366 g/mol. The van der Waals surface area contributed by atoms with Gasteiger partial charge in [0, 0.05) is 11.8 Å². The van der Waals surface area contributed by atoms with Crippen molar-refractivity contribution in [2.24, 2.45) is 0 Å². The highest BCUT2D eigenvalue weighted by molar-refractivity contribution is 7.99. The number of aryl methyl sites for hydroxylation is 1. The molecule has 4 rings (SSSR count). The van der Waals surface area contributed by atoms with E-state index < -0.39 is 0 Å². The van der Waals surface area contributed by atoms with E-state index in [1.807, 2.05) is 36.0 Å². The number of ether oxygens (including phenoxy) is 1. The zero-order valence-electron chi connectivity index (χ0n) is 15.2. The minimum absolute atomic E-state index is 0.444. The molecule has 3 aromatic rings. The number of hydrogen-bond acceptors (Lipinski definition) is 4. The molecule has 0 bridgehead atoms. The Hall–Kier alpha value is -2.27. The van der Waals surface area contributed by atoms with Crippen LogP contribution in [0.15, 0.2) is 53.7 Å². The first-order chi connectivity index (χ1) is 12.8. The van der Waals surface area contributed by atoms with Crippen molar-refractivity contribution in [3.8, 4) is 17.1 Å². The first-order valence-corrected chi connectivity index (χ1v) is 10.0. The Bertz CT molecular complexity index is 906. The minimum atomic E-state index is 0.444. The van der Waals surface area contributed by atoms with Crippen LogP contribution in [0, 0.1) is 0 Å². The van der Waals surface area contributed by atoms with Gasteiger partial charge in [-0.1, -0.05) is 48.2 Å². The fourth-order valence-corrected chi connectivity index (χ4v) is 4.98. The van der Waals surface area contributed by atoms with Crippen LogP contribution in [-0.2, 0) is 13.0 Å². The Kier molecular flexibility index (Phi) is 4.98. The van der Waals surface area contributed by atoms with Crippen LogP contribution in [0.25, 0.3) is 11.4 Å². The van der Waals surface area contributed by atoms with Crippen LogP contribution in [0.2, 0.25) is 0 Å². The fourth-order valence-electron chi connectivity index (χ4n) is 3.65. The molecule has 1 unspecified atom stereocenters. The lowest BCUT2D eigenvalue weighted by molar-refractivity contribution is 0.416. The number of methoxy groups -OCH3 is 1. The Balaban J connectivity index is 1.68. The molecule has 4 nitrogen and oxygen atoms in total. The summed E-state index contributed by atoms with van der Waals surface area (Å²) in [5.74, 6) is 1.70. The third-order valence-corrected chi connectivity index (χ3v) is 6.23. The van der Waals surface area contributed by atoms with Crippen molar-refractivity contribution in [2.45, 2.75) is 43.1 Å². The molecule has 0 radical (unpaired) electrons. The van der Waals surface area contributed by atoms with E-state index in [9.17, 15) is 0 Å². The van der Waals surface area contributed by atoms with Crippen molar-refractivity contribution in [1.82, 2.24) is 14.8 Å². The summed E-state index contributed by atoms with van der Waals surface area (Å²) in [5.41, 5.74) is 3.91. The largest absolute Gasteiger partial charge is 0.496 e. The van der Waals surface area contributed by atoms with Gasteiger partial charge in [0.15, 0.2) is 11.0 Å². The first-order valence-electron chi connectivity index (χ1n) is 9.13. The second kappa shape index (κ2) is 7.54. The summed E-state index contributed by atoms with van der Waals surface area (Å²) in [6.45, 7) is 2.97. The SMILES string of the molecule is CCn1c(SC2CCCc3ccccc32)nnc1-c1ccccc1OC. The molecule has 0 saturated carbocycles. The Morgan fingerprint density at radius 3 is 2.77 bits per heavy atom. The molecule has 134 valence electrons. The smallest absolute Gasteiger partial charge is 0.192 e. The maximum Gasteiger partial charge on any atom is 0.192 e. The predicted molar refractivity (Wildman–Crippen MR) is 106 cm³/mol. The van der Waals surface area contributed by atoms with Gasteiger partial charge in [-0.25, -0.2) is 0 Å². The lowest BCUT2D eigenvalue weighted by atomic mass is 9.91. The first kappa shape index (κ1) is 17.2. The van der Waals surface area contributed by atoms with E-state index >= 15 is 0 Å². The van der Waals surface area contributed by atoms with Crippen LogP contribution >= 0.6 is 11.8 Å². The van der Waals surface area contributed by atoms with Crippen molar-refractivity contribution in [2.75, 3.05) is 7.11 Å². The van der Waals surface area contributed by atoms with Crippen molar-refractivity contribution >= 4 is 11.8 Å². The summed E-state index contributed by atoms with van der Waals surface area (Å²) in [6.07, 6.45) is 3.59. The third-order valence-electron chi connectivity index (χ3n) is 4.94. The minimum Gasteiger partial charge on any atom is -0.496 e. The number of rotatable bonds is 5. The molecular formula is C21H23N3OS. The predicted octanol–water partition coefficient (Wildman–Crippen LogP) is 5.14. The number of hydrogen-bond donors (Lipinski definition) is 0. The third kappa shape index (κ3) is 3.12. The highest BCUT2D eigenvalue weighted by Gasteiger charge is 2.24. The number of fused-ring (bicyclic) bond motifs is 1. The van der Waals surface area contributed by atoms with Crippen LogP contribution < -0.4 is 4.74 Å². The summed E-state index contributed by atoms with van der Waals surface area (Å²) < 4.78 is 7.71. The molecule has 1 atom stereocenters. The van der Waals surface area contributed by atoms with E-state index in [0.717, 1.165) is 28.8 Å². The monoisotopic (exact) mass is 365 g/mol. The fraction of sp³-hybridized carbons (Fsp3) is 0.333. The number of thioether (sulfide) groups is 1. The molecule has 5 heteroatoms. The number of nitrogens with zero attached hydrogens (tertiary/aromatic N) is 3. The lowest BCUT2D eigenvalue weighted by Gasteiger charge is -2.24. The van der Waals surface area contributed by atoms with Gasteiger partial charge in [-0.15, -0.1) is 10.2 Å².